The molecule has 2 N–H and O–H groups in total. The molecule has 3 aromatic carbocycles. The van der Waals surface area contributed by atoms with Crippen LogP contribution in [0.25, 0.3) is 28.2 Å². The number of aromatic nitrogens is 2. The van der Waals surface area contributed by atoms with E-state index < -0.39 is 23.3 Å². The summed E-state index contributed by atoms with van der Waals surface area (Å²) in [5, 5.41) is 19.7. The number of hydrogen-bond acceptors (Lipinski definition) is 3. The van der Waals surface area contributed by atoms with Crippen LogP contribution in [0.5, 0.6) is 0 Å². The van der Waals surface area contributed by atoms with Crippen LogP contribution in [0.2, 0.25) is 5.02 Å². The first-order chi connectivity index (χ1) is 16.4. The van der Waals surface area contributed by atoms with Crippen molar-refractivity contribution in [3.05, 3.63) is 94.8 Å². The van der Waals surface area contributed by atoms with Crippen molar-refractivity contribution in [3.63, 3.8) is 0 Å². The van der Waals surface area contributed by atoms with Gasteiger partial charge in [-0.2, -0.15) is 13.2 Å². The Labute approximate surface area is 204 Å². The number of carboxylic acids is 1. The van der Waals surface area contributed by atoms with E-state index in [2.05, 4.69) is 4.98 Å². The van der Waals surface area contributed by atoms with E-state index in [0.717, 1.165) is 11.6 Å². The highest BCUT2D eigenvalue weighted by Crippen LogP contribution is 2.38. The zero-order valence-electron chi connectivity index (χ0n) is 18.6. The molecule has 0 aliphatic carbocycles. The topological polar surface area (TPSA) is 75.4 Å². The summed E-state index contributed by atoms with van der Waals surface area (Å²) in [6.45, 7) is 3.01. The molecule has 0 amide bonds. The minimum absolute atomic E-state index is 0.0161. The molecule has 0 spiro atoms. The second-order valence-corrected chi connectivity index (χ2v) is 8.88. The lowest BCUT2D eigenvalue weighted by atomic mass is 10.0. The van der Waals surface area contributed by atoms with Gasteiger partial charge in [-0.25, -0.2) is 9.78 Å². The van der Waals surface area contributed by atoms with E-state index in [0.29, 0.717) is 11.3 Å². The quantitative estimate of drug-likeness (QED) is 0.316. The molecule has 1 heterocycles. The van der Waals surface area contributed by atoms with Gasteiger partial charge in [-0.05, 0) is 55.3 Å². The van der Waals surface area contributed by atoms with Crippen molar-refractivity contribution in [1.29, 1.82) is 0 Å². The summed E-state index contributed by atoms with van der Waals surface area (Å²) in [4.78, 5) is 15.6. The number of halogens is 4. The van der Waals surface area contributed by atoms with Gasteiger partial charge < -0.3 is 10.2 Å². The Morgan fingerprint density at radius 1 is 0.971 bits per heavy atom. The van der Waals surface area contributed by atoms with Crippen molar-refractivity contribution in [2.75, 3.05) is 0 Å². The molecule has 9 heteroatoms. The highest BCUT2D eigenvalue weighted by molar-refractivity contribution is 6.33. The maximum Gasteiger partial charge on any atom is 0.417 e. The Morgan fingerprint density at radius 2 is 1.60 bits per heavy atom. The fourth-order valence-electron chi connectivity index (χ4n) is 3.67. The summed E-state index contributed by atoms with van der Waals surface area (Å²) in [5.74, 6) is -1.09. The average Bonchev–Trinajstić information content (AvgIpc) is 3.24. The van der Waals surface area contributed by atoms with E-state index in [-0.39, 0.29) is 27.7 Å². The van der Waals surface area contributed by atoms with Crippen LogP contribution >= 0.6 is 11.6 Å². The molecule has 0 radical (unpaired) electrons. The van der Waals surface area contributed by atoms with Gasteiger partial charge in [0.05, 0.1) is 21.8 Å². The second kappa shape index (κ2) is 8.87. The summed E-state index contributed by atoms with van der Waals surface area (Å²) in [7, 11) is 0. The average molecular weight is 501 g/mol. The minimum Gasteiger partial charge on any atom is -0.478 e. The van der Waals surface area contributed by atoms with Gasteiger partial charge in [0, 0.05) is 17.4 Å². The van der Waals surface area contributed by atoms with Gasteiger partial charge in [0.1, 0.15) is 11.4 Å². The maximum atomic E-state index is 13.7. The van der Waals surface area contributed by atoms with Gasteiger partial charge in [0.15, 0.2) is 0 Å². The molecule has 0 saturated heterocycles. The van der Waals surface area contributed by atoms with Crippen LogP contribution in [0, 0.1) is 0 Å². The molecule has 0 fully saturated rings. The number of hydrogen-bond donors (Lipinski definition) is 2. The Morgan fingerprint density at radius 3 is 2.17 bits per heavy atom. The van der Waals surface area contributed by atoms with E-state index in [1.165, 1.54) is 54.9 Å². The van der Waals surface area contributed by atoms with E-state index in [4.69, 9.17) is 16.7 Å². The van der Waals surface area contributed by atoms with E-state index in [9.17, 15) is 23.1 Å². The number of carboxylic acid groups (broad SMARTS) is 1. The summed E-state index contributed by atoms with van der Waals surface area (Å²) in [5.41, 5.74) is -0.200. The van der Waals surface area contributed by atoms with Gasteiger partial charge in [0.2, 0.25) is 0 Å². The molecule has 0 aliphatic rings. The predicted molar refractivity (Wildman–Crippen MR) is 127 cm³/mol. The van der Waals surface area contributed by atoms with E-state index in [1.54, 1.807) is 30.3 Å². The SMILES string of the molecule is CC(C)(O)c1cn(-c2ccc(-c3ccc(C(=O)O)c(Cl)c3)cc2)c(-c2ccccc2C(F)(F)F)n1. The summed E-state index contributed by atoms with van der Waals surface area (Å²) >= 11 is 6.08. The molecule has 1 aromatic heterocycles. The van der Waals surface area contributed by atoms with Crippen LogP contribution in [0.3, 0.4) is 0 Å². The van der Waals surface area contributed by atoms with Crippen molar-refractivity contribution in [2.24, 2.45) is 0 Å². The van der Waals surface area contributed by atoms with Crippen LogP contribution in [0.4, 0.5) is 13.2 Å². The molecular formula is C26H20ClF3N2O3. The van der Waals surface area contributed by atoms with Crippen LogP contribution < -0.4 is 0 Å². The molecule has 0 bridgehead atoms. The third-order valence-corrected chi connectivity index (χ3v) is 5.80. The lowest BCUT2D eigenvalue weighted by Crippen LogP contribution is -2.15. The highest BCUT2D eigenvalue weighted by atomic mass is 35.5. The third kappa shape index (κ3) is 4.94. The molecule has 4 rings (SSSR count). The van der Waals surface area contributed by atoms with Crippen molar-refractivity contribution < 1.29 is 28.2 Å². The van der Waals surface area contributed by atoms with Crippen molar-refractivity contribution in [1.82, 2.24) is 9.55 Å². The first-order valence-corrected chi connectivity index (χ1v) is 10.9. The molecule has 35 heavy (non-hydrogen) atoms. The van der Waals surface area contributed by atoms with Crippen molar-refractivity contribution in [3.8, 4) is 28.2 Å². The predicted octanol–water partition coefficient (Wildman–Crippen LogP) is 6.80. The second-order valence-electron chi connectivity index (χ2n) is 8.47. The Hall–Kier alpha value is -3.62. The molecule has 5 nitrogen and oxygen atoms in total. The zero-order chi connectivity index (χ0) is 25.5. The molecule has 0 aliphatic heterocycles. The number of aromatic carboxylic acids is 1. The maximum absolute atomic E-state index is 13.7. The molecule has 4 aromatic rings. The smallest absolute Gasteiger partial charge is 0.417 e. The van der Waals surface area contributed by atoms with E-state index >= 15 is 0 Å². The monoisotopic (exact) mass is 500 g/mol. The van der Waals surface area contributed by atoms with Gasteiger partial charge in [-0.3, -0.25) is 4.57 Å². The van der Waals surface area contributed by atoms with Gasteiger partial charge >= 0.3 is 12.1 Å². The first-order valence-electron chi connectivity index (χ1n) is 10.5. The lowest BCUT2D eigenvalue weighted by Gasteiger charge is -2.14. The molecule has 0 unspecified atom stereocenters. The van der Waals surface area contributed by atoms with Crippen molar-refractivity contribution in [2.45, 2.75) is 25.6 Å². The fraction of sp³-hybridized carbons (Fsp3) is 0.154. The van der Waals surface area contributed by atoms with E-state index in [1.807, 2.05) is 0 Å². The molecule has 0 saturated carbocycles. The Kier molecular flexibility index (Phi) is 6.21. The number of imidazole rings is 1. The number of aliphatic hydroxyl groups is 1. The van der Waals surface area contributed by atoms with Gasteiger partial charge in [-0.1, -0.05) is 48.0 Å². The van der Waals surface area contributed by atoms with Gasteiger partial charge in [-0.15, -0.1) is 0 Å². The summed E-state index contributed by atoms with van der Waals surface area (Å²) in [6.07, 6.45) is -3.08. The normalized spacial score (nSPS) is 12.1. The molecular weight excluding hydrogens is 481 g/mol. The number of alkyl halides is 3. The Bertz CT molecular complexity index is 1400. The molecule has 0 atom stereocenters. The lowest BCUT2D eigenvalue weighted by molar-refractivity contribution is -0.137. The molecule has 180 valence electrons. The van der Waals surface area contributed by atoms with Crippen LogP contribution in [0.1, 0.15) is 35.5 Å². The standard InChI is InChI=1S/C26H20ClF3N2O3/c1-25(2,35)22-14-32(23(31-22)18-5-3-4-6-20(18)26(28,29)30)17-10-7-15(8-11-17)16-9-12-19(24(33)34)21(27)13-16/h3-14,35H,1-2H3,(H,33,34). The first kappa shape index (κ1) is 24.5. The number of benzene rings is 3. The largest absolute Gasteiger partial charge is 0.478 e. The minimum atomic E-state index is -4.59. The highest BCUT2D eigenvalue weighted by Gasteiger charge is 2.35. The zero-order valence-corrected chi connectivity index (χ0v) is 19.4. The number of rotatable bonds is 5. The van der Waals surface area contributed by atoms with Crippen molar-refractivity contribution >= 4 is 17.6 Å². The van der Waals surface area contributed by atoms with Gasteiger partial charge in [0.25, 0.3) is 0 Å². The van der Waals surface area contributed by atoms with Crippen LogP contribution in [-0.2, 0) is 11.8 Å². The summed E-state index contributed by atoms with van der Waals surface area (Å²) < 4.78 is 42.7. The fourth-order valence-corrected chi connectivity index (χ4v) is 3.93. The number of carbonyl (C=O) groups is 1. The van der Waals surface area contributed by atoms with Crippen LogP contribution in [-0.4, -0.2) is 25.7 Å². The Balaban J connectivity index is 1.82. The third-order valence-electron chi connectivity index (χ3n) is 5.48. The summed E-state index contributed by atoms with van der Waals surface area (Å²) in [6, 6.07) is 16.6. The van der Waals surface area contributed by atoms with Crippen LogP contribution in [0.15, 0.2) is 72.9 Å². The number of nitrogens with zero attached hydrogens (tertiary/aromatic N) is 2.